The van der Waals surface area contributed by atoms with Crippen molar-refractivity contribution in [2.45, 2.75) is 32.2 Å². The van der Waals surface area contributed by atoms with E-state index in [1.165, 1.54) is 0 Å². The Labute approximate surface area is 89.8 Å². The molecule has 15 heavy (non-hydrogen) atoms. The number of nitrogens with two attached hydrogens (primary N) is 1. The van der Waals surface area contributed by atoms with Crippen molar-refractivity contribution in [2.24, 2.45) is 11.7 Å². The molecule has 0 radical (unpaired) electrons. The molecule has 0 spiro atoms. The minimum Gasteiger partial charge on any atom is -0.370 e. The molecule has 1 aliphatic rings. The average molecular weight is 213 g/mol. The van der Waals surface area contributed by atoms with Gasteiger partial charge in [0.05, 0.1) is 0 Å². The van der Waals surface area contributed by atoms with E-state index in [4.69, 9.17) is 5.73 Å². The second-order valence-corrected chi connectivity index (χ2v) is 4.20. The maximum absolute atomic E-state index is 11.5. The monoisotopic (exact) mass is 213 g/mol. The molecule has 1 aliphatic heterocycles. The Balaban J connectivity index is 2.19. The van der Waals surface area contributed by atoms with Crippen LogP contribution in [0.1, 0.15) is 26.2 Å². The second kappa shape index (κ2) is 5.70. The first-order valence-corrected chi connectivity index (χ1v) is 5.36. The summed E-state index contributed by atoms with van der Waals surface area (Å²) in [4.78, 5) is 22.1. The summed E-state index contributed by atoms with van der Waals surface area (Å²) in [5.41, 5.74) is 5.03. The molecule has 5 heteroatoms. The zero-order valence-corrected chi connectivity index (χ0v) is 9.08. The second-order valence-electron chi connectivity index (χ2n) is 4.20. The predicted molar refractivity (Wildman–Crippen MR) is 57.0 cm³/mol. The van der Waals surface area contributed by atoms with E-state index in [9.17, 15) is 9.59 Å². The van der Waals surface area contributed by atoms with E-state index in [0.29, 0.717) is 12.3 Å². The zero-order valence-electron chi connectivity index (χ0n) is 9.08. The molecule has 2 atom stereocenters. The molecule has 0 bridgehead atoms. The molecule has 1 saturated heterocycles. The van der Waals surface area contributed by atoms with Crippen molar-refractivity contribution in [3.8, 4) is 0 Å². The van der Waals surface area contributed by atoms with Crippen LogP contribution in [-0.4, -0.2) is 30.9 Å². The highest BCUT2D eigenvalue weighted by molar-refractivity contribution is 5.78. The van der Waals surface area contributed by atoms with E-state index in [-0.39, 0.29) is 24.3 Å². The number of primary amides is 1. The van der Waals surface area contributed by atoms with Crippen LogP contribution in [-0.2, 0) is 9.59 Å². The standard InChI is InChI=1S/C10H19N3O2/c1-7(4-9(11)14)13-10(15)5-8-2-3-12-6-8/h7-8,12H,2-6H2,1H3,(H2,11,14)(H,13,15). The minimum atomic E-state index is -0.384. The Bertz CT molecular complexity index is 237. The van der Waals surface area contributed by atoms with Gasteiger partial charge in [-0.25, -0.2) is 0 Å². The highest BCUT2D eigenvalue weighted by atomic mass is 16.2. The van der Waals surface area contributed by atoms with Crippen LogP contribution in [0.3, 0.4) is 0 Å². The molecule has 2 amide bonds. The third-order valence-corrected chi connectivity index (χ3v) is 2.55. The Morgan fingerprint density at radius 3 is 2.87 bits per heavy atom. The first-order valence-electron chi connectivity index (χ1n) is 5.36. The van der Waals surface area contributed by atoms with Crippen molar-refractivity contribution in [2.75, 3.05) is 13.1 Å². The van der Waals surface area contributed by atoms with Crippen molar-refractivity contribution in [3.05, 3.63) is 0 Å². The molecule has 2 unspecified atom stereocenters. The summed E-state index contributed by atoms with van der Waals surface area (Å²) in [6.07, 6.45) is 1.79. The number of hydrogen-bond acceptors (Lipinski definition) is 3. The topological polar surface area (TPSA) is 84.2 Å². The summed E-state index contributed by atoms with van der Waals surface area (Å²) in [6, 6.07) is -0.163. The summed E-state index contributed by atoms with van der Waals surface area (Å²) >= 11 is 0. The summed E-state index contributed by atoms with van der Waals surface area (Å²) in [7, 11) is 0. The molecule has 1 rings (SSSR count). The van der Waals surface area contributed by atoms with Gasteiger partial charge in [-0.2, -0.15) is 0 Å². The SMILES string of the molecule is CC(CC(N)=O)NC(=O)CC1CCNC1. The van der Waals surface area contributed by atoms with Gasteiger partial charge in [-0.15, -0.1) is 0 Å². The first-order chi connectivity index (χ1) is 7.08. The van der Waals surface area contributed by atoms with Crippen LogP contribution in [0.25, 0.3) is 0 Å². The average Bonchev–Trinajstić information content (AvgIpc) is 2.53. The molecular weight excluding hydrogens is 194 g/mol. The normalized spacial score (nSPS) is 22.3. The number of nitrogens with one attached hydrogen (secondary N) is 2. The lowest BCUT2D eigenvalue weighted by Gasteiger charge is -2.13. The van der Waals surface area contributed by atoms with E-state index < -0.39 is 0 Å². The molecule has 0 aromatic carbocycles. The van der Waals surface area contributed by atoms with Crippen molar-refractivity contribution in [3.63, 3.8) is 0 Å². The van der Waals surface area contributed by atoms with Gasteiger partial charge in [-0.05, 0) is 32.4 Å². The lowest BCUT2D eigenvalue weighted by atomic mass is 10.0. The van der Waals surface area contributed by atoms with E-state index in [1.54, 1.807) is 6.92 Å². The van der Waals surface area contributed by atoms with Gasteiger partial charge in [0.15, 0.2) is 0 Å². The van der Waals surface area contributed by atoms with Crippen LogP contribution in [0.15, 0.2) is 0 Å². The lowest BCUT2D eigenvalue weighted by Crippen LogP contribution is -2.36. The Kier molecular flexibility index (Phi) is 4.55. The number of rotatable bonds is 5. The first kappa shape index (κ1) is 12.0. The van der Waals surface area contributed by atoms with Gasteiger partial charge in [0, 0.05) is 18.9 Å². The van der Waals surface area contributed by atoms with E-state index in [2.05, 4.69) is 10.6 Å². The molecule has 0 aliphatic carbocycles. The highest BCUT2D eigenvalue weighted by Gasteiger charge is 2.19. The van der Waals surface area contributed by atoms with Crippen LogP contribution in [0.5, 0.6) is 0 Å². The smallest absolute Gasteiger partial charge is 0.220 e. The zero-order chi connectivity index (χ0) is 11.3. The number of hydrogen-bond donors (Lipinski definition) is 3. The largest absolute Gasteiger partial charge is 0.370 e. The van der Waals surface area contributed by atoms with E-state index in [1.807, 2.05) is 0 Å². The van der Waals surface area contributed by atoms with Gasteiger partial charge in [-0.3, -0.25) is 9.59 Å². The van der Waals surface area contributed by atoms with Gasteiger partial charge in [0.1, 0.15) is 0 Å². The summed E-state index contributed by atoms with van der Waals surface area (Å²) in [5, 5.41) is 5.98. The number of carbonyl (C=O) groups excluding carboxylic acids is 2. The number of carbonyl (C=O) groups is 2. The van der Waals surface area contributed by atoms with Gasteiger partial charge < -0.3 is 16.4 Å². The molecule has 0 saturated carbocycles. The molecule has 0 aromatic rings. The number of amides is 2. The predicted octanol–water partition coefficient (Wildman–Crippen LogP) is -0.634. The summed E-state index contributed by atoms with van der Waals surface area (Å²) in [5.74, 6) is 0.0635. The molecule has 4 N–H and O–H groups in total. The maximum atomic E-state index is 11.5. The third kappa shape index (κ3) is 4.78. The lowest BCUT2D eigenvalue weighted by molar-refractivity contribution is -0.123. The van der Waals surface area contributed by atoms with Crippen LogP contribution in [0.4, 0.5) is 0 Å². The van der Waals surface area contributed by atoms with Gasteiger partial charge >= 0.3 is 0 Å². The van der Waals surface area contributed by atoms with Crippen molar-refractivity contribution < 1.29 is 9.59 Å². The third-order valence-electron chi connectivity index (χ3n) is 2.55. The molecular formula is C10H19N3O2. The van der Waals surface area contributed by atoms with E-state index >= 15 is 0 Å². The van der Waals surface area contributed by atoms with Crippen LogP contribution >= 0.6 is 0 Å². The van der Waals surface area contributed by atoms with Crippen LogP contribution in [0.2, 0.25) is 0 Å². The fraction of sp³-hybridized carbons (Fsp3) is 0.800. The highest BCUT2D eigenvalue weighted by Crippen LogP contribution is 2.11. The van der Waals surface area contributed by atoms with Crippen molar-refractivity contribution in [1.82, 2.24) is 10.6 Å². The Morgan fingerprint density at radius 2 is 2.33 bits per heavy atom. The molecule has 1 fully saturated rings. The van der Waals surface area contributed by atoms with Crippen LogP contribution in [0, 0.1) is 5.92 Å². The molecule has 5 nitrogen and oxygen atoms in total. The Morgan fingerprint density at radius 1 is 1.60 bits per heavy atom. The Hall–Kier alpha value is -1.10. The van der Waals surface area contributed by atoms with Crippen LogP contribution < -0.4 is 16.4 Å². The summed E-state index contributed by atoms with van der Waals surface area (Å²) < 4.78 is 0. The van der Waals surface area contributed by atoms with Gasteiger partial charge in [-0.1, -0.05) is 0 Å². The van der Waals surface area contributed by atoms with Crippen molar-refractivity contribution >= 4 is 11.8 Å². The molecule has 86 valence electrons. The fourth-order valence-electron chi connectivity index (χ4n) is 1.84. The minimum absolute atomic E-state index is 0.0115. The summed E-state index contributed by atoms with van der Waals surface area (Å²) in [6.45, 7) is 3.70. The molecule has 0 aromatic heterocycles. The molecule has 1 heterocycles. The van der Waals surface area contributed by atoms with Gasteiger partial charge in [0.2, 0.25) is 11.8 Å². The maximum Gasteiger partial charge on any atom is 0.220 e. The van der Waals surface area contributed by atoms with Crippen molar-refractivity contribution in [1.29, 1.82) is 0 Å². The van der Waals surface area contributed by atoms with Gasteiger partial charge in [0.25, 0.3) is 0 Å². The van der Waals surface area contributed by atoms with E-state index in [0.717, 1.165) is 19.5 Å². The fourth-order valence-corrected chi connectivity index (χ4v) is 1.84. The quantitative estimate of drug-likeness (QED) is 0.568.